The monoisotopic (exact) mass is 267 g/mol. The fourth-order valence-corrected chi connectivity index (χ4v) is 2.75. The molecule has 0 aromatic heterocycles. The number of benzene rings is 1. The van der Waals surface area contributed by atoms with Gasteiger partial charge < -0.3 is 15.5 Å². The number of halogens is 1. The molecule has 0 aliphatic heterocycles. The molecule has 0 spiro atoms. The minimum absolute atomic E-state index is 0.154. The molecule has 2 atom stereocenters. The molecule has 1 aliphatic carbocycles. The normalized spacial score (nSPS) is 22.4. The Balaban J connectivity index is 2.07. The number of aliphatic hydroxyl groups excluding tert-OH is 1. The summed E-state index contributed by atoms with van der Waals surface area (Å²) >= 11 is 0. The predicted octanol–water partition coefficient (Wildman–Crippen LogP) is 2.34. The van der Waals surface area contributed by atoms with E-state index in [1.54, 1.807) is 6.07 Å². The maximum Gasteiger partial charge on any atom is 0.340 e. The van der Waals surface area contributed by atoms with Gasteiger partial charge in [0.25, 0.3) is 0 Å². The van der Waals surface area contributed by atoms with E-state index in [-0.39, 0.29) is 18.1 Å². The lowest BCUT2D eigenvalue weighted by molar-refractivity contribution is 0.0693. The third-order valence-corrected chi connectivity index (χ3v) is 3.83. The van der Waals surface area contributed by atoms with Crippen molar-refractivity contribution in [1.82, 2.24) is 0 Å². The Morgan fingerprint density at radius 2 is 2.11 bits per heavy atom. The molecule has 1 aromatic rings. The van der Waals surface area contributed by atoms with Gasteiger partial charge in [0.1, 0.15) is 11.4 Å². The molecule has 1 saturated carbocycles. The zero-order valence-electron chi connectivity index (χ0n) is 10.6. The number of hydrogen-bond donors (Lipinski definition) is 3. The van der Waals surface area contributed by atoms with Crippen molar-refractivity contribution in [2.45, 2.75) is 19.3 Å². The molecule has 1 aromatic carbocycles. The topological polar surface area (TPSA) is 69.6 Å². The van der Waals surface area contributed by atoms with Crippen LogP contribution in [0.1, 0.15) is 29.6 Å². The maximum absolute atomic E-state index is 13.5. The Kier molecular flexibility index (Phi) is 4.37. The summed E-state index contributed by atoms with van der Waals surface area (Å²) in [4.78, 5) is 11.0. The first-order valence-electron chi connectivity index (χ1n) is 6.50. The van der Waals surface area contributed by atoms with Gasteiger partial charge in [-0.1, -0.05) is 12.5 Å². The summed E-state index contributed by atoms with van der Waals surface area (Å²) in [6, 6.07) is 4.19. The first kappa shape index (κ1) is 13.8. The van der Waals surface area contributed by atoms with Gasteiger partial charge in [-0.05, 0) is 36.8 Å². The van der Waals surface area contributed by atoms with Crippen molar-refractivity contribution >= 4 is 11.7 Å². The van der Waals surface area contributed by atoms with Crippen molar-refractivity contribution in [2.75, 3.05) is 18.5 Å². The van der Waals surface area contributed by atoms with E-state index >= 15 is 0 Å². The quantitative estimate of drug-likeness (QED) is 0.766. The minimum Gasteiger partial charge on any atom is -0.478 e. The first-order chi connectivity index (χ1) is 9.13. The highest BCUT2D eigenvalue weighted by molar-refractivity contribution is 5.94. The maximum atomic E-state index is 13.5. The highest BCUT2D eigenvalue weighted by Crippen LogP contribution is 2.31. The van der Waals surface area contributed by atoms with E-state index < -0.39 is 11.8 Å². The molecule has 0 amide bonds. The largest absolute Gasteiger partial charge is 0.478 e. The van der Waals surface area contributed by atoms with Gasteiger partial charge in [0.2, 0.25) is 0 Å². The summed E-state index contributed by atoms with van der Waals surface area (Å²) in [5.74, 6) is -1.43. The average Bonchev–Trinajstić information content (AvgIpc) is 2.83. The third-order valence-electron chi connectivity index (χ3n) is 3.83. The number of aromatic carboxylic acids is 1. The number of aliphatic hydroxyl groups is 1. The van der Waals surface area contributed by atoms with E-state index in [0.717, 1.165) is 25.3 Å². The van der Waals surface area contributed by atoms with Crippen LogP contribution in [0.2, 0.25) is 0 Å². The van der Waals surface area contributed by atoms with Gasteiger partial charge in [0, 0.05) is 13.2 Å². The molecule has 3 N–H and O–H groups in total. The Hall–Kier alpha value is -1.62. The SMILES string of the molecule is O=C(O)c1c(F)cccc1NCC1CCCC1CO. The molecule has 2 rings (SSSR count). The van der Waals surface area contributed by atoms with Crippen LogP contribution in [0.15, 0.2) is 18.2 Å². The van der Waals surface area contributed by atoms with Crippen molar-refractivity contribution in [3.05, 3.63) is 29.6 Å². The van der Waals surface area contributed by atoms with Gasteiger partial charge in [-0.25, -0.2) is 9.18 Å². The number of carbonyl (C=O) groups is 1. The second-order valence-corrected chi connectivity index (χ2v) is 4.98. The molecule has 19 heavy (non-hydrogen) atoms. The molecular formula is C14H18FNO3. The molecule has 5 heteroatoms. The highest BCUT2D eigenvalue weighted by atomic mass is 19.1. The van der Waals surface area contributed by atoms with Crippen molar-refractivity contribution < 1.29 is 19.4 Å². The lowest BCUT2D eigenvalue weighted by Gasteiger charge is -2.19. The van der Waals surface area contributed by atoms with E-state index in [2.05, 4.69) is 5.32 Å². The lowest BCUT2D eigenvalue weighted by atomic mass is 9.97. The molecule has 104 valence electrons. The molecule has 1 fully saturated rings. The van der Waals surface area contributed by atoms with Gasteiger partial charge in [0.15, 0.2) is 0 Å². The number of hydrogen-bond acceptors (Lipinski definition) is 3. The average molecular weight is 267 g/mol. The minimum atomic E-state index is -1.27. The van der Waals surface area contributed by atoms with Gasteiger partial charge in [-0.15, -0.1) is 0 Å². The summed E-state index contributed by atoms with van der Waals surface area (Å²) < 4.78 is 13.5. The highest BCUT2D eigenvalue weighted by Gasteiger charge is 2.26. The van der Waals surface area contributed by atoms with E-state index in [4.69, 9.17) is 5.11 Å². The van der Waals surface area contributed by atoms with Crippen molar-refractivity contribution in [3.63, 3.8) is 0 Å². The molecule has 4 nitrogen and oxygen atoms in total. The second-order valence-electron chi connectivity index (χ2n) is 4.98. The summed E-state index contributed by atoms with van der Waals surface area (Å²) in [7, 11) is 0. The molecule has 0 radical (unpaired) electrons. The van der Waals surface area contributed by atoms with Crippen molar-refractivity contribution in [2.24, 2.45) is 11.8 Å². The zero-order chi connectivity index (χ0) is 13.8. The number of carboxylic acids is 1. The van der Waals surface area contributed by atoms with Crippen LogP contribution in [0.5, 0.6) is 0 Å². The van der Waals surface area contributed by atoms with Crippen LogP contribution in [0.4, 0.5) is 10.1 Å². The standard InChI is InChI=1S/C14H18FNO3/c15-11-5-2-6-12(13(11)14(18)19)16-7-9-3-1-4-10(9)8-17/h2,5-6,9-10,16-17H,1,3-4,7-8H2,(H,18,19). The van der Waals surface area contributed by atoms with Gasteiger partial charge in [0.05, 0.1) is 5.69 Å². The van der Waals surface area contributed by atoms with E-state index in [1.165, 1.54) is 6.07 Å². The Labute approximate surface area is 111 Å². The summed E-state index contributed by atoms with van der Waals surface area (Å²) in [5.41, 5.74) is -0.0165. The summed E-state index contributed by atoms with van der Waals surface area (Å²) in [5, 5.41) is 21.3. The fourth-order valence-electron chi connectivity index (χ4n) is 2.75. The van der Waals surface area contributed by atoms with Gasteiger partial charge in [-0.2, -0.15) is 0 Å². The van der Waals surface area contributed by atoms with Gasteiger partial charge >= 0.3 is 5.97 Å². The summed E-state index contributed by atoms with van der Waals surface area (Å²) in [6.45, 7) is 0.718. The Morgan fingerprint density at radius 3 is 2.79 bits per heavy atom. The molecular weight excluding hydrogens is 249 g/mol. The van der Waals surface area contributed by atoms with Crippen LogP contribution < -0.4 is 5.32 Å². The summed E-state index contributed by atoms with van der Waals surface area (Å²) in [6.07, 6.45) is 3.08. The second kappa shape index (κ2) is 6.02. The smallest absolute Gasteiger partial charge is 0.340 e. The molecule has 0 bridgehead atoms. The number of rotatable bonds is 5. The van der Waals surface area contributed by atoms with E-state index in [9.17, 15) is 14.3 Å². The molecule has 1 aliphatic rings. The van der Waals surface area contributed by atoms with Crippen LogP contribution in [0.3, 0.4) is 0 Å². The number of anilines is 1. The Morgan fingerprint density at radius 1 is 1.37 bits per heavy atom. The predicted molar refractivity (Wildman–Crippen MR) is 69.8 cm³/mol. The van der Waals surface area contributed by atoms with Crippen LogP contribution in [0.25, 0.3) is 0 Å². The first-order valence-corrected chi connectivity index (χ1v) is 6.50. The molecule has 0 heterocycles. The van der Waals surface area contributed by atoms with E-state index in [1.807, 2.05) is 0 Å². The van der Waals surface area contributed by atoms with Crippen LogP contribution >= 0.6 is 0 Å². The van der Waals surface area contributed by atoms with Gasteiger partial charge in [-0.3, -0.25) is 0 Å². The van der Waals surface area contributed by atoms with Crippen molar-refractivity contribution in [3.8, 4) is 0 Å². The third kappa shape index (κ3) is 3.04. The zero-order valence-corrected chi connectivity index (χ0v) is 10.6. The number of nitrogens with one attached hydrogen (secondary N) is 1. The van der Waals surface area contributed by atoms with E-state index in [0.29, 0.717) is 18.2 Å². The Bertz CT molecular complexity index is 464. The van der Waals surface area contributed by atoms with Crippen LogP contribution in [-0.4, -0.2) is 29.3 Å². The fraction of sp³-hybridized carbons (Fsp3) is 0.500. The van der Waals surface area contributed by atoms with Crippen LogP contribution in [-0.2, 0) is 0 Å². The van der Waals surface area contributed by atoms with Crippen molar-refractivity contribution in [1.29, 1.82) is 0 Å². The van der Waals surface area contributed by atoms with Crippen LogP contribution in [0, 0.1) is 17.7 Å². The molecule has 0 saturated heterocycles. The number of carboxylic acid groups (broad SMARTS) is 1. The molecule has 2 unspecified atom stereocenters. The lowest BCUT2D eigenvalue weighted by Crippen LogP contribution is -2.21.